The molecule has 1 amide bonds. The van der Waals surface area contributed by atoms with Gasteiger partial charge in [0.1, 0.15) is 12.3 Å². The maximum absolute atomic E-state index is 11.7. The molecule has 0 aliphatic heterocycles. The molecule has 6 nitrogen and oxygen atoms in total. The van der Waals surface area contributed by atoms with Gasteiger partial charge in [-0.3, -0.25) is 4.79 Å². The van der Waals surface area contributed by atoms with E-state index < -0.39 is 0 Å². The summed E-state index contributed by atoms with van der Waals surface area (Å²) in [5.41, 5.74) is 0.618. The van der Waals surface area contributed by atoms with Gasteiger partial charge >= 0.3 is 0 Å². The van der Waals surface area contributed by atoms with Crippen LogP contribution in [0.2, 0.25) is 0 Å². The second kappa shape index (κ2) is 8.58. The second-order valence-electron chi connectivity index (χ2n) is 3.96. The van der Waals surface area contributed by atoms with Crippen LogP contribution in [-0.4, -0.2) is 36.6 Å². The van der Waals surface area contributed by atoms with Crippen molar-refractivity contribution in [2.24, 2.45) is 4.99 Å². The number of phenols is 1. The zero-order valence-corrected chi connectivity index (χ0v) is 11.5. The van der Waals surface area contributed by atoms with Crippen LogP contribution in [0.15, 0.2) is 41.9 Å². The van der Waals surface area contributed by atoms with Crippen molar-refractivity contribution >= 4 is 17.6 Å². The van der Waals surface area contributed by atoms with Crippen molar-refractivity contribution in [3.8, 4) is 5.75 Å². The van der Waals surface area contributed by atoms with Crippen LogP contribution in [0.25, 0.3) is 0 Å². The van der Waals surface area contributed by atoms with Crippen molar-refractivity contribution in [2.75, 3.05) is 25.0 Å². The van der Waals surface area contributed by atoms with Gasteiger partial charge in [0.2, 0.25) is 5.91 Å². The van der Waals surface area contributed by atoms with Crippen molar-refractivity contribution in [3.05, 3.63) is 36.9 Å². The smallest absolute Gasteiger partial charge is 0.246 e. The minimum atomic E-state index is -0.230. The van der Waals surface area contributed by atoms with E-state index in [2.05, 4.69) is 27.5 Å². The Morgan fingerprint density at radius 1 is 1.35 bits per heavy atom. The fourth-order valence-electron chi connectivity index (χ4n) is 1.41. The molecule has 0 spiro atoms. The fourth-order valence-corrected chi connectivity index (χ4v) is 1.41. The molecule has 0 aliphatic rings. The molecule has 0 saturated carbocycles. The predicted molar refractivity (Wildman–Crippen MR) is 80.9 cm³/mol. The summed E-state index contributed by atoms with van der Waals surface area (Å²) in [6.07, 6.45) is 1.71. The molecule has 0 atom stereocenters. The molecule has 0 saturated heterocycles. The highest BCUT2D eigenvalue weighted by Crippen LogP contribution is 2.13. The first-order chi connectivity index (χ1) is 9.65. The zero-order chi connectivity index (χ0) is 14.8. The maximum Gasteiger partial charge on any atom is 0.246 e. The number of anilines is 1. The Hall–Kier alpha value is -2.50. The number of hydrogen-bond acceptors (Lipinski definition) is 3. The van der Waals surface area contributed by atoms with E-state index in [1.165, 1.54) is 12.1 Å². The van der Waals surface area contributed by atoms with E-state index in [4.69, 9.17) is 5.11 Å². The van der Waals surface area contributed by atoms with Crippen LogP contribution in [0.3, 0.4) is 0 Å². The van der Waals surface area contributed by atoms with Crippen molar-refractivity contribution in [2.45, 2.75) is 6.92 Å². The molecule has 108 valence electrons. The van der Waals surface area contributed by atoms with E-state index in [0.29, 0.717) is 24.7 Å². The number of rotatable bonds is 6. The average molecular weight is 276 g/mol. The van der Waals surface area contributed by atoms with E-state index >= 15 is 0 Å². The molecule has 20 heavy (non-hydrogen) atoms. The van der Waals surface area contributed by atoms with Crippen LogP contribution < -0.4 is 16.0 Å². The Morgan fingerprint density at radius 2 is 2.05 bits per heavy atom. The molecule has 0 radical (unpaired) electrons. The SMILES string of the molecule is C=CCNC(=NCC(=O)Nc1ccc(O)cc1)NCC. The molecule has 1 aromatic carbocycles. The molecule has 0 bridgehead atoms. The van der Waals surface area contributed by atoms with Crippen LogP contribution in [0.1, 0.15) is 6.92 Å². The number of amides is 1. The summed E-state index contributed by atoms with van der Waals surface area (Å²) in [7, 11) is 0. The van der Waals surface area contributed by atoms with E-state index in [-0.39, 0.29) is 18.2 Å². The highest BCUT2D eigenvalue weighted by molar-refractivity contribution is 5.94. The van der Waals surface area contributed by atoms with Crippen LogP contribution >= 0.6 is 0 Å². The first kappa shape index (κ1) is 15.6. The lowest BCUT2D eigenvalue weighted by Crippen LogP contribution is -2.38. The summed E-state index contributed by atoms with van der Waals surface area (Å²) in [6.45, 7) is 6.84. The first-order valence-corrected chi connectivity index (χ1v) is 6.37. The summed E-state index contributed by atoms with van der Waals surface area (Å²) in [6, 6.07) is 6.26. The summed E-state index contributed by atoms with van der Waals surface area (Å²) in [4.78, 5) is 15.9. The third-order valence-electron chi connectivity index (χ3n) is 2.29. The normalized spacial score (nSPS) is 10.8. The molecular formula is C14H20N4O2. The summed E-state index contributed by atoms with van der Waals surface area (Å²) >= 11 is 0. The van der Waals surface area contributed by atoms with Gasteiger partial charge in [0, 0.05) is 18.8 Å². The minimum absolute atomic E-state index is 0.00729. The largest absolute Gasteiger partial charge is 0.508 e. The quantitative estimate of drug-likeness (QED) is 0.271. The van der Waals surface area contributed by atoms with Crippen LogP contribution in [0.5, 0.6) is 5.75 Å². The van der Waals surface area contributed by atoms with Crippen molar-refractivity contribution < 1.29 is 9.90 Å². The third kappa shape index (κ3) is 5.90. The van der Waals surface area contributed by atoms with Crippen LogP contribution in [0.4, 0.5) is 5.69 Å². The van der Waals surface area contributed by atoms with Gasteiger partial charge in [-0.1, -0.05) is 6.08 Å². The summed E-state index contributed by atoms with van der Waals surface area (Å²) in [5.74, 6) is 0.490. The third-order valence-corrected chi connectivity index (χ3v) is 2.29. The molecule has 4 N–H and O–H groups in total. The van der Waals surface area contributed by atoms with Crippen LogP contribution in [0, 0.1) is 0 Å². The molecule has 1 rings (SSSR count). The van der Waals surface area contributed by atoms with Gasteiger partial charge in [-0.2, -0.15) is 0 Å². The summed E-state index contributed by atoms with van der Waals surface area (Å²) < 4.78 is 0. The highest BCUT2D eigenvalue weighted by atomic mass is 16.3. The zero-order valence-electron chi connectivity index (χ0n) is 11.5. The Kier molecular flexibility index (Phi) is 6.67. The number of nitrogens with one attached hydrogen (secondary N) is 3. The Labute approximate surface area is 118 Å². The van der Waals surface area contributed by atoms with E-state index in [1.54, 1.807) is 18.2 Å². The number of phenolic OH excluding ortho intramolecular Hbond substituents is 1. The van der Waals surface area contributed by atoms with E-state index in [9.17, 15) is 4.79 Å². The van der Waals surface area contributed by atoms with Crippen molar-refractivity contribution in [3.63, 3.8) is 0 Å². The fraction of sp³-hybridized carbons (Fsp3) is 0.286. The first-order valence-electron chi connectivity index (χ1n) is 6.37. The lowest BCUT2D eigenvalue weighted by atomic mass is 10.3. The Balaban J connectivity index is 2.50. The standard InChI is InChI=1S/C14H20N4O2/c1-3-9-16-14(15-4-2)17-10-13(20)18-11-5-7-12(19)8-6-11/h3,5-8,19H,1,4,9-10H2,2H3,(H,18,20)(H2,15,16,17). The monoisotopic (exact) mass is 276 g/mol. The second-order valence-corrected chi connectivity index (χ2v) is 3.96. The van der Waals surface area contributed by atoms with E-state index in [0.717, 1.165) is 0 Å². The van der Waals surface area contributed by atoms with Gasteiger partial charge in [0.15, 0.2) is 5.96 Å². The average Bonchev–Trinajstić information content (AvgIpc) is 2.44. The molecule has 1 aromatic rings. The maximum atomic E-state index is 11.7. The lowest BCUT2D eigenvalue weighted by Gasteiger charge is -2.09. The number of guanidine groups is 1. The number of aromatic hydroxyl groups is 1. The van der Waals surface area contributed by atoms with Crippen LogP contribution in [-0.2, 0) is 4.79 Å². The Bertz CT molecular complexity index is 469. The number of carbonyl (C=O) groups is 1. The topological polar surface area (TPSA) is 85.8 Å². The molecule has 6 heteroatoms. The van der Waals surface area contributed by atoms with Crippen molar-refractivity contribution in [1.82, 2.24) is 10.6 Å². The molecule has 0 aliphatic carbocycles. The molecule has 0 fully saturated rings. The van der Waals surface area contributed by atoms with Gasteiger partial charge in [0.05, 0.1) is 0 Å². The number of carbonyl (C=O) groups excluding carboxylic acids is 1. The van der Waals surface area contributed by atoms with Gasteiger partial charge < -0.3 is 21.1 Å². The van der Waals surface area contributed by atoms with E-state index in [1.807, 2.05) is 6.92 Å². The van der Waals surface area contributed by atoms with Gasteiger partial charge in [0.25, 0.3) is 0 Å². The molecular weight excluding hydrogens is 256 g/mol. The van der Waals surface area contributed by atoms with Crippen molar-refractivity contribution in [1.29, 1.82) is 0 Å². The molecule has 0 unspecified atom stereocenters. The number of aliphatic imine (C=N–C) groups is 1. The van der Waals surface area contributed by atoms with Gasteiger partial charge in [-0.25, -0.2) is 4.99 Å². The highest BCUT2D eigenvalue weighted by Gasteiger charge is 2.02. The molecule has 0 heterocycles. The van der Waals surface area contributed by atoms with Gasteiger partial charge in [-0.05, 0) is 31.2 Å². The number of nitrogens with zero attached hydrogens (tertiary/aromatic N) is 1. The molecule has 0 aromatic heterocycles. The summed E-state index contributed by atoms with van der Waals surface area (Å²) in [5, 5.41) is 17.9. The predicted octanol–water partition coefficient (Wildman–Crippen LogP) is 1.07. The minimum Gasteiger partial charge on any atom is -0.508 e. The van der Waals surface area contributed by atoms with Gasteiger partial charge in [-0.15, -0.1) is 6.58 Å². The lowest BCUT2D eigenvalue weighted by molar-refractivity contribution is -0.114. The Morgan fingerprint density at radius 3 is 2.65 bits per heavy atom. The number of benzene rings is 1. The number of hydrogen-bond donors (Lipinski definition) is 4.